The Bertz CT molecular complexity index is 932. The van der Waals surface area contributed by atoms with Crippen molar-refractivity contribution < 1.29 is 22.6 Å². The van der Waals surface area contributed by atoms with Crippen LogP contribution in [0, 0.1) is 0 Å². The van der Waals surface area contributed by atoms with Gasteiger partial charge in [-0.1, -0.05) is 24.3 Å². The molecule has 1 fully saturated rings. The Morgan fingerprint density at radius 1 is 1.11 bits per heavy atom. The highest BCUT2D eigenvalue weighted by Crippen LogP contribution is 2.29. The molecule has 0 radical (unpaired) electrons. The lowest BCUT2D eigenvalue weighted by Gasteiger charge is -2.24. The van der Waals surface area contributed by atoms with Crippen LogP contribution in [0.15, 0.2) is 60.8 Å². The third-order valence-corrected chi connectivity index (χ3v) is 4.44. The van der Waals surface area contributed by atoms with E-state index in [2.05, 4.69) is 15.2 Å². The smallest absolute Gasteiger partial charge is 0.406 e. The van der Waals surface area contributed by atoms with E-state index in [-0.39, 0.29) is 11.9 Å². The Morgan fingerprint density at radius 2 is 1.93 bits per heavy atom. The van der Waals surface area contributed by atoms with Crippen molar-refractivity contribution in [2.45, 2.75) is 12.5 Å². The summed E-state index contributed by atoms with van der Waals surface area (Å²) in [6.07, 6.45) is -3.12. The third-order valence-electron chi connectivity index (χ3n) is 4.44. The summed E-state index contributed by atoms with van der Waals surface area (Å²) >= 11 is 0. The minimum atomic E-state index is -4.73. The van der Waals surface area contributed by atoms with Crippen molar-refractivity contribution in [1.82, 2.24) is 15.1 Å². The van der Waals surface area contributed by atoms with Crippen LogP contribution in [0.1, 0.15) is 11.7 Å². The van der Waals surface area contributed by atoms with Gasteiger partial charge in [-0.25, -0.2) is 4.68 Å². The zero-order chi connectivity index (χ0) is 19.6. The zero-order valence-corrected chi connectivity index (χ0v) is 14.8. The van der Waals surface area contributed by atoms with Crippen LogP contribution in [0.2, 0.25) is 0 Å². The molecule has 146 valence electrons. The summed E-state index contributed by atoms with van der Waals surface area (Å²) in [5.41, 5.74) is 3.10. The summed E-state index contributed by atoms with van der Waals surface area (Å²) in [5.74, 6) is -0.268. The second-order valence-electron chi connectivity index (χ2n) is 6.36. The standard InChI is InChI=1S/C20H18F3N3O2/c21-20(22,23)28-17-3-1-2-15(12-17)18-8-9-25-26(18)16-6-4-14(5-7-16)19-13-24-10-11-27-19/h1-9,12,19,24H,10-11,13H2. The number of morpholine rings is 1. The molecule has 1 N–H and O–H groups in total. The maximum absolute atomic E-state index is 12.5. The molecular formula is C20H18F3N3O2. The first-order chi connectivity index (χ1) is 13.5. The van der Waals surface area contributed by atoms with Crippen LogP contribution in [0.3, 0.4) is 0 Å². The van der Waals surface area contributed by atoms with Crippen LogP contribution in [0.5, 0.6) is 5.75 Å². The second-order valence-corrected chi connectivity index (χ2v) is 6.36. The Kier molecular flexibility index (Phi) is 5.06. The fourth-order valence-electron chi connectivity index (χ4n) is 3.19. The monoisotopic (exact) mass is 389 g/mol. The van der Waals surface area contributed by atoms with E-state index in [1.54, 1.807) is 23.0 Å². The Balaban J connectivity index is 1.60. The molecule has 0 bridgehead atoms. The van der Waals surface area contributed by atoms with E-state index in [1.807, 2.05) is 24.3 Å². The zero-order valence-electron chi connectivity index (χ0n) is 14.8. The van der Waals surface area contributed by atoms with Crippen LogP contribution >= 0.6 is 0 Å². The Labute approximate surface area is 159 Å². The van der Waals surface area contributed by atoms with Gasteiger partial charge in [-0.3, -0.25) is 0 Å². The SMILES string of the molecule is FC(F)(F)Oc1cccc(-c2ccnn2-c2ccc(C3CNCCO3)cc2)c1. The van der Waals surface area contributed by atoms with Crippen molar-refractivity contribution in [2.24, 2.45) is 0 Å². The summed E-state index contributed by atoms with van der Waals surface area (Å²) in [7, 11) is 0. The maximum Gasteiger partial charge on any atom is 0.573 e. The van der Waals surface area contributed by atoms with Gasteiger partial charge < -0.3 is 14.8 Å². The van der Waals surface area contributed by atoms with Gasteiger partial charge in [-0.05, 0) is 35.9 Å². The average Bonchev–Trinajstić information content (AvgIpc) is 3.18. The van der Waals surface area contributed by atoms with E-state index in [0.717, 1.165) is 24.3 Å². The predicted octanol–water partition coefficient (Wildman–Crippen LogP) is 4.10. The van der Waals surface area contributed by atoms with Crippen molar-refractivity contribution in [1.29, 1.82) is 0 Å². The van der Waals surface area contributed by atoms with Gasteiger partial charge in [0, 0.05) is 18.7 Å². The van der Waals surface area contributed by atoms with Gasteiger partial charge in [0.2, 0.25) is 0 Å². The first-order valence-corrected chi connectivity index (χ1v) is 8.82. The maximum atomic E-state index is 12.5. The van der Waals surface area contributed by atoms with Gasteiger partial charge in [0.15, 0.2) is 0 Å². The second kappa shape index (κ2) is 7.65. The van der Waals surface area contributed by atoms with E-state index in [4.69, 9.17) is 4.74 Å². The minimum absolute atomic E-state index is 0.0103. The lowest BCUT2D eigenvalue weighted by atomic mass is 10.1. The summed E-state index contributed by atoms with van der Waals surface area (Å²) in [4.78, 5) is 0. The molecule has 1 aliphatic rings. The quantitative estimate of drug-likeness (QED) is 0.730. The number of ether oxygens (including phenoxy) is 2. The molecule has 0 aliphatic carbocycles. The predicted molar refractivity (Wildman–Crippen MR) is 97.2 cm³/mol. The summed E-state index contributed by atoms with van der Waals surface area (Å²) in [5, 5.41) is 7.61. The molecule has 1 aromatic heterocycles. The highest BCUT2D eigenvalue weighted by molar-refractivity contribution is 5.63. The van der Waals surface area contributed by atoms with Crippen LogP contribution in [0.4, 0.5) is 13.2 Å². The molecule has 2 heterocycles. The average molecular weight is 389 g/mol. The molecule has 2 aromatic carbocycles. The molecule has 4 rings (SSSR count). The number of nitrogens with one attached hydrogen (secondary N) is 1. The van der Waals surface area contributed by atoms with Crippen LogP contribution in [0.25, 0.3) is 16.9 Å². The summed E-state index contributed by atoms with van der Waals surface area (Å²) in [6.45, 7) is 2.28. The highest BCUT2D eigenvalue weighted by Gasteiger charge is 2.31. The van der Waals surface area contributed by atoms with Crippen LogP contribution < -0.4 is 10.1 Å². The van der Waals surface area contributed by atoms with Crippen molar-refractivity contribution >= 4 is 0 Å². The largest absolute Gasteiger partial charge is 0.573 e. The molecule has 1 atom stereocenters. The van der Waals surface area contributed by atoms with Crippen molar-refractivity contribution in [2.75, 3.05) is 19.7 Å². The first kappa shape index (κ1) is 18.5. The molecular weight excluding hydrogens is 371 g/mol. The van der Waals surface area contributed by atoms with Crippen molar-refractivity contribution in [3.8, 4) is 22.7 Å². The number of aromatic nitrogens is 2. The van der Waals surface area contributed by atoms with Gasteiger partial charge in [0.1, 0.15) is 5.75 Å². The van der Waals surface area contributed by atoms with E-state index in [1.165, 1.54) is 18.2 Å². The number of benzene rings is 2. The molecule has 28 heavy (non-hydrogen) atoms. The molecule has 5 nitrogen and oxygen atoms in total. The van der Waals surface area contributed by atoms with Gasteiger partial charge in [0.05, 0.1) is 30.3 Å². The first-order valence-electron chi connectivity index (χ1n) is 8.82. The number of halogens is 3. The molecule has 3 aromatic rings. The number of rotatable bonds is 4. The van der Waals surface area contributed by atoms with Gasteiger partial charge in [-0.2, -0.15) is 5.10 Å². The molecule has 0 amide bonds. The normalized spacial score (nSPS) is 17.5. The van der Waals surface area contributed by atoms with Crippen molar-refractivity contribution in [3.05, 3.63) is 66.4 Å². The fourth-order valence-corrected chi connectivity index (χ4v) is 3.19. The lowest BCUT2D eigenvalue weighted by molar-refractivity contribution is -0.274. The molecule has 0 spiro atoms. The number of nitrogens with zero attached hydrogens (tertiary/aromatic N) is 2. The van der Waals surface area contributed by atoms with E-state index >= 15 is 0 Å². The fraction of sp³-hybridized carbons (Fsp3) is 0.250. The van der Waals surface area contributed by atoms with Gasteiger partial charge in [-0.15, -0.1) is 13.2 Å². The Morgan fingerprint density at radius 3 is 2.64 bits per heavy atom. The van der Waals surface area contributed by atoms with Crippen molar-refractivity contribution in [3.63, 3.8) is 0 Å². The summed E-state index contributed by atoms with van der Waals surface area (Å²) < 4.78 is 48.9. The molecule has 1 saturated heterocycles. The van der Waals surface area contributed by atoms with Gasteiger partial charge in [0.25, 0.3) is 0 Å². The molecule has 8 heteroatoms. The Hall–Kier alpha value is -2.84. The minimum Gasteiger partial charge on any atom is -0.406 e. The lowest BCUT2D eigenvalue weighted by Crippen LogP contribution is -2.33. The van der Waals surface area contributed by atoms with E-state index in [0.29, 0.717) is 17.9 Å². The topological polar surface area (TPSA) is 48.3 Å². The number of hydrogen-bond acceptors (Lipinski definition) is 4. The number of alkyl halides is 3. The summed E-state index contributed by atoms with van der Waals surface area (Å²) in [6, 6.07) is 15.4. The molecule has 0 saturated carbocycles. The molecule has 1 aliphatic heterocycles. The highest BCUT2D eigenvalue weighted by atomic mass is 19.4. The number of hydrogen-bond donors (Lipinski definition) is 1. The van der Waals surface area contributed by atoms with E-state index in [9.17, 15) is 13.2 Å². The van der Waals surface area contributed by atoms with E-state index < -0.39 is 6.36 Å². The molecule has 1 unspecified atom stereocenters. The van der Waals surface area contributed by atoms with Gasteiger partial charge >= 0.3 is 6.36 Å². The van der Waals surface area contributed by atoms with Crippen LogP contribution in [-0.4, -0.2) is 35.8 Å². The third kappa shape index (κ3) is 4.18. The van der Waals surface area contributed by atoms with Crippen LogP contribution in [-0.2, 0) is 4.74 Å².